The Morgan fingerprint density at radius 3 is 2.35 bits per heavy atom. The third-order valence-corrected chi connectivity index (χ3v) is 4.65. The summed E-state index contributed by atoms with van der Waals surface area (Å²) in [5.74, 6) is 0.758. The lowest BCUT2D eigenvalue weighted by Crippen LogP contribution is -2.38. The minimum atomic E-state index is -0.733. The molecule has 1 heterocycles. The average Bonchev–Trinajstić information content (AvgIpc) is 2.83. The highest BCUT2D eigenvalue weighted by molar-refractivity contribution is 6.05. The van der Waals surface area contributed by atoms with Gasteiger partial charge in [-0.3, -0.25) is 14.5 Å². The largest absolute Gasteiger partial charge is 0.493 e. The fourth-order valence-corrected chi connectivity index (χ4v) is 2.86. The van der Waals surface area contributed by atoms with Gasteiger partial charge in [0, 0.05) is 27.7 Å². The zero-order valence-electron chi connectivity index (χ0n) is 15.8. The second kappa shape index (κ2) is 8.07. The molecule has 1 aromatic carbocycles. The van der Waals surface area contributed by atoms with Gasteiger partial charge in [-0.25, -0.2) is 4.79 Å². The van der Waals surface area contributed by atoms with Crippen LogP contribution in [0.4, 0.5) is 4.79 Å². The van der Waals surface area contributed by atoms with Crippen LogP contribution in [-0.4, -0.2) is 80.5 Å². The van der Waals surface area contributed by atoms with Crippen LogP contribution in [0.5, 0.6) is 11.5 Å². The Labute approximate surface area is 153 Å². The second-order valence-electron chi connectivity index (χ2n) is 6.27. The number of ether oxygens (including phenoxy) is 2. The van der Waals surface area contributed by atoms with Crippen molar-refractivity contribution in [1.82, 2.24) is 14.7 Å². The molecule has 2 rings (SSSR count). The van der Waals surface area contributed by atoms with Crippen LogP contribution in [0.2, 0.25) is 0 Å². The van der Waals surface area contributed by atoms with E-state index in [1.807, 2.05) is 18.2 Å². The number of methoxy groups -OCH3 is 2. The minimum absolute atomic E-state index is 0.0200. The number of hydrogen-bond acceptors (Lipinski definition) is 5. The highest BCUT2D eigenvalue weighted by Gasteiger charge is 2.42. The Morgan fingerprint density at radius 2 is 1.81 bits per heavy atom. The van der Waals surface area contributed by atoms with Crippen molar-refractivity contribution in [2.24, 2.45) is 0 Å². The van der Waals surface area contributed by atoms with E-state index < -0.39 is 6.04 Å². The van der Waals surface area contributed by atoms with Gasteiger partial charge in [0.15, 0.2) is 11.5 Å². The molecule has 1 saturated heterocycles. The summed E-state index contributed by atoms with van der Waals surface area (Å²) in [5.41, 5.74) is 1.01. The smallest absolute Gasteiger partial charge is 0.326 e. The van der Waals surface area contributed by atoms with Crippen molar-refractivity contribution in [3.8, 4) is 11.5 Å². The topological polar surface area (TPSA) is 79.4 Å². The molecule has 1 aliphatic rings. The van der Waals surface area contributed by atoms with E-state index in [4.69, 9.17) is 9.47 Å². The molecule has 0 saturated carbocycles. The van der Waals surface area contributed by atoms with Gasteiger partial charge in [0.2, 0.25) is 5.91 Å². The van der Waals surface area contributed by atoms with E-state index >= 15 is 0 Å². The number of carbonyl (C=O) groups is 3. The van der Waals surface area contributed by atoms with E-state index in [-0.39, 0.29) is 24.3 Å². The lowest BCUT2D eigenvalue weighted by atomic mass is 10.1. The van der Waals surface area contributed by atoms with Crippen LogP contribution in [-0.2, 0) is 16.0 Å². The van der Waals surface area contributed by atoms with Gasteiger partial charge in [0.25, 0.3) is 5.91 Å². The maximum absolute atomic E-state index is 12.4. The molecular weight excluding hydrogens is 338 g/mol. The van der Waals surface area contributed by atoms with E-state index in [1.54, 1.807) is 26.2 Å². The van der Waals surface area contributed by atoms with Gasteiger partial charge in [-0.05, 0) is 24.1 Å². The van der Waals surface area contributed by atoms with E-state index in [9.17, 15) is 14.4 Å². The Hall–Kier alpha value is -2.77. The summed E-state index contributed by atoms with van der Waals surface area (Å²) in [4.78, 5) is 40.2. The molecule has 0 radical (unpaired) electrons. The number of benzene rings is 1. The summed E-state index contributed by atoms with van der Waals surface area (Å²) in [6.07, 6.45) is 0.615. The third-order valence-electron chi connectivity index (χ3n) is 4.65. The summed E-state index contributed by atoms with van der Waals surface area (Å²) in [7, 11) is 7.80. The molecule has 0 bridgehead atoms. The molecule has 1 aliphatic heterocycles. The Morgan fingerprint density at radius 1 is 1.15 bits per heavy atom. The normalized spacial score (nSPS) is 16.9. The van der Waals surface area contributed by atoms with Gasteiger partial charge >= 0.3 is 6.03 Å². The molecule has 1 atom stereocenters. The first-order chi connectivity index (χ1) is 12.3. The Kier molecular flexibility index (Phi) is 6.07. The molecule has 0 unspecified atom stereocenters. The van der Waals surface area contributed by atoms with Crippen LogP contribution < -0.4 is 9.47 Å². The number of nitrogens with zero attached hydrogens (tertiary/aromatic N) is 3. The molecule has 8 heteroatoms. The first-order valence-electron chi connectivity index (χ1n) is 8.29. The van der Waals surface area contributed by atoms with Crippen LogP contribution in [0.15, 0.2) is 18.2 Å². The number of likely N-dealkylation sites (N-methyl/N-ethyl adjacent to an activating group) is 3. The first-order valence-corrected chi connectivity index (χ1v) is 8.29. The maximum Gasteiger partial charge on any atom is 0.326 e. The zero-order valence-corrected chi connectivity index (χ0v) is 15.8. The van der Waals surface area contributed by atoms with Crippen molar-refractivity contribution in [2.45, 2.75) is 18.9 Å². The lowest BCUT2D eigenvalue weighted by molar-refractivity contribution is -0.135. The van der Waals surface area contributed by atoms with Crippen molar-refractivity contribution in [3.05, 3.63) is 23.8 Å². The van der Waals surface area contributed by atoms with Gasteiger partial charge in [-0.2, -0.15) is 0 Å². The number of urea groups is 1. The monoisotopic (exact) mass is 363 g/mol. The van der Waals surface area contributed by atoms with Gasteiger partial charge in [-0.15, -0.1) is 0 Å². The lowest BCUT2D eigenvalue weighted by Gasteiger charge is -2.21. The summed E-state index contributed by atoms with van der Waals surface area (Å²) < 4.78 is 10.5. The summed E-state index contributed by atoms with van der Waals surface area (Å²) in [6.45, 7) is 0.489. The highest BCUT2D eigenvalue weighted by Crippen LogP contribution is 2.27. The Bertz CT molecular complexity index is 706. The molecular formula is C18H25N3O5. The second-order valence-corrected chi connectivity index (χ2v) is 6.27. The molecule has 1 fully saturated rings. The van der Waals surface area contributed by atoms with Crippen LogP contribution in [0.25, 0.3) is 0 Å². The number of amides is 4. The summed E-state index contributed by atoms with van der Waals surface area (Å²) in [5, 5.41) is 0. The molecule has 8 nitrogen and oxygen atoms in total. The van der Waals surface area contributed by atoms with Crippen LogP contribution in [0.1, 0.15) is 12.0 Å². The maximum atomic E-state index is 12.4. The van der Waals surface area contributed by atoms with Gasteiger partial charge in [0.1, 0.15) is 6.04 Å². The van der Waals surface area contributed by atoms with E-state index in [0.717, 1.165) is 10.5 Å². The fraction of sp³-hybridized carbons (Fsp3) is 0.500. The molecule has 1 aromatic rings. The van der Waals surface area contributed by atoms with Crippen molar-refractivity contribution in [3.63, 3.8) is 0 Å². The number of rotatable bonds is 7. The molecule has 0 aromatic heterocycles. The van der Waals surface area contributed by atoms with Gasteiger partial charge < -0.3 is 19.3 Å². The quantitative estimate of drug-likeness (QED) is 0.675. The van der Waals surface area contributed by atoms with Gasteiger partial charge in [-0.1, -0.05) is 6.07 Å². The van der Waals surface area contributed by atoms with E-state index in [1.165, 1.54) is 19.0 Å². The molecule has 0 N–H and O–H groups in total. The van der Waals surface area contributed by atoms with Crippen molar-refractivity contribution in [2.75, 3.05) is 41.9 Å². The molecule has 142 valence electrons. The number of imide groups is 1. The predicted molar refractivity (Wildman–Crippen MR) is 95.2 cm³/mol. The van der Waals surface area contributed by atoms with Gasteiger partial charge in [0.05, 0.1) is 20.6 Å². The fourth-order valence-electron chi connectivity index (χ4n) is 2.86. The molecule has 4 amide bonds. The van der Waals surface area contributed by atoms with Crippen molar-refractivity contribution >= 4 is 17.8 Å². The highest BCUT2D eigenvalue weighted by atomic mass is 16.5. The Balaban J connectivity index is 1.93. The van der Waals surface area contributed by atoms with Crippen LogP contribution in [0.3, 0.4) is 0 Å². The number of carbonyl (C=O) groups excluding carboxylic acids is 3. The molecule has 0 aliphatic carbocycles. The van der Waals surface area contributed by atoms with E-state index in [2.05, 4.69) is 0 Å². The minimum Gasteiger partial charge on any atom is -0.493 e. The number of hydrogen-bond donors (Lipinski definition) is 0. The first kappa shape index (κ1) is 19.6. The van der Waals surface area contributed by atoms with E-state index in [0.29, 0.717) is 24.5 Å². The standard InChI is InChI=1S/C18H25N3O5/c1-19(9-8-12-6-7-14(25-4)15(10-12)26-5)16(22)11-13-17(23)21(3)18(24)20(13)2/h6-7,10,13H,8-9,11H2,1-5H3/t13-/m1/s1. The van der Waals surface area contributed by atoms with Crippen molar-refractivity contribution < 1.29 is 23.9 Å². The SMILES string of the molecule is COc1ccc(CCN(C)C(=O)C[C@@H]2C(=O)N(C)C(=O)N2C)cc1OC. The van der Waals surface area contributed by atoms with Crippen LogP contribution in [0, 0.1) is 0 Å². The molecule has 26 heavy (non-hydrogen) atoms. The molecule has 0 spiro atoms. The predicted octanol–water partition coefficient (Wildman–Crippen LogP) is 0.987. The average molecular weight is 363 g/mol. The third kappa shape index (κ3) is 3.89. The van der Waals surface area contributed by atoms with Crippen molar-refractivity contribution in [1.29, 1.82) is 0 Å². The van der Waals surface area contributed by atoms with Crippen LogP contribution >= 0.6 is 0 Å². The summed E-state index contributed by atoms with van der Waals surface area (Å²) in [6, 6.07) is 4.49. The zero-order chi connectivity index (χ0) is 19.4. The summed E-state index contributed by atoms with van der Waals surface area (Å²) >= 11 is 0.